The Hall–Kier alpha value is -2.18. The van der Waals surface area contributed by atoms with Gasteiger partial charge < -0.3 is 20.3 Å². The van der Waals surface area contributed by atoms with Gasteiger partial charge in [0, 0.05) is 6.42 Å². The average Bonchev–Trinajstić information content (AvgIpc) is 3.23. The van der Waals surface area contributed by atoms with Crippen molar-refractivity contribution in [3.8, 4) is 0 Å². The van der Waals surface area contributed by atoms with Crippen molar-refractivity contribution in [2.24, 2.45) is 0 Å². The van der Waals surface area contributed by atoms with E-state index in [2.05, 4.69) is 38.2 Å². The summed E-state index contributed by atoms with van der Waals surface area (Å²) in [7, 11) is 0. The summed E-state index contributed by atoms with van der Waals surface area (Å²) in [6.07, 6.45) is 56.1. The van der Waals surface area contributed by atoms with Gasteiger partial charge in [-0.05, 0) is 38.5 Å². The highest BCUT2D eigenvalue weighted by atomic mass is 16.5. The van der Waals surface area contributed by atoms with Crippen LogP contribution < -0.4 is 5.32 Å². The van der Waals surface area contributed by atoms with Crippen LogP contribution in [-0.4, -0.2) is 46.9 Å². The molecule has 0 radical (unpaired) electrons. The number of unbranched alkanes of at least 4 members (excludes halogenated alkanes) is 28. The molecule has 1 amide bonds. The maximum absolute atomic E-state index is 13.2. The molecule has 0 rings (SSSR count). The Balaban J connectivity index is 4.56. The molecule has 0 aromatic rings. The SMILES string of the molecule is CC/C=C/C=C/C=C\C=C/CCCC(CC(=O)NC(CO)C(O)CCCCCCCCCCCCCCCCC)OC(=O)CCCCCCCCCCCCCCCC. The van der Waals surface area contributed by atoms with E-state index in [9.17, 15) is 19.8 Å². The topological polar surface area (TPSA) is 95.9 Å². The molecular weight excluding hydrogens is 731 g/mol. The van der Waals surface area contributed by atoms with E-state index in [4.69, 9.17) is 4.74 Å². The lowest BCUT2D eigenvalue weighted by Gasteiger charge is -2.24. The largest absolute Gasteiger partial charge is 0.462 e. The predicted octanol–water partition coefficient (Wildman–Crippen LogP) is 15.1. The highest BCUT2D eigenvalue weighted by molar-refractivity contribution is 5.77. The molecule has 3 N–H and O–H groups in total. The van der Waals surface area contributed by atoms with Gasteiger partial charge in [0.2, 0.25) is 5.91 Å². The minimum Gasteiger partial charge on any atom is -0.462 e. The highest BCUT2D eigenvalue weighted by Gasteiger charge is 2.24. The molecule has 0 aliphatic heterocycles. The molecule has 0 saturated heterocycles. The third-order valence-corrected chi connectivity index (χ3v) is 11.5. The number of aliphatic hydroxyl groups is 2. The zero-order valence-electron chi connectivity index (χ0n) is 39.1. The van der Waals surface area contributed by atoms with Crippen molar-refractivity contribution in [1.29, 1.82) is 0 Å². The van der Waals surface area contributed by atoms with E-state index in [1.807, 2.05) is 36.5 Å². The third-order valence-electron chi connectivity index (χ3n) is 11.5. The van der Waals surface area contributed by atoms with Gasteiger partial charge in [-0.15, -0.1) is 0 Å². The molecule has 59 heavy (non-hydrogen) atoms. The van der Waals surface area contributed by atoms with E-state index in [0.29, 0.717) is 19.3 Å². The number of esters is 1. The van der Waals surface area contributed by atoms with E-state index in [1.54, 1.807) is 0 Å². The van der Waals surface area contributed by atoms with E-state index in [1.165, 1.54) is 148 Å². The fourth-order valence-corrected chi connectivity index (χ4v) is 7.68. The number of carbonyl (C=O) groups is 2. The summed E-state index contributed by atoms with van der Waals surface area (Å²) in [5.41, 5.74) is 0. The lowest BCUT2D eigenvalue weighted by atomic mass is 10.0. The van der Waals surface area contributed by atoms with Gasteiger partial charge in [-0.2, -0.15) is 0 Å². The average molecular weight is 828 g/mol. The lowest BCUT2D eigenvalue weighted by molar-refractivity contribution is -0.151. The molecule has 0 aliphatic rings. The Labute approximate surface area is 366 Å². The standard InChI is InChI=1S/C53H97NO5/c1-4-7-10-13-16-19-22-24-26-27-30-33-36-39-42-45-51(56)50(48-55)54-52(57)47-49(44-41-38-35-32-29-21-18-15-12-9-6-3)59-53(58)46-43-40-37-34-31-28-25-23-20-17-14-11-8-5-2/h9,12,15,18,21,29,32,35,49-51,55-56H,4-8,10-11,13-14,16-17,19-20,22-28,30-31,33-34,36-48H2,1-3H3,(H,54,57)/b12-9+,18-15+,29-21-,35-32-. The number of hydrogen-bond donors (Lipinski definition) is 3. The summed E-state index contributed by atoms with van der Waals surface area (Å²) in [5, 5.41) is 23.7. The highest BCUT2D eigenvalue weighted by Crippen LogP contribution is 2.18. The van der Waals surface area contributed by atoms with Crippen molar-refractivity contribution in [1.82, 2.24) is 5.32 Å². The van der Waals surface area contributed by atoms with Crippen molar-refractivity contribution in [3.05, 3.63) is 48.6 Å². The first-order valence-electron chi connectivity index (χ1n) is 25.4. The van der Waals surface area contributed by atoms with Crippen LogP contribution in [0.5, 0.6) is 0 Å². The molecule has 0 bridgehead atoms. The molecule has 0 fully saturated rings. The normalized spacial score (nSPS) is 13.6. The van der Waals surface area contributed by atoms with Crippen LogP contribution in [-0.2, 0) is 14.3 Å². The van der Waals surface area contributed by atoms with E-state index in [0.717, 1.165) is 57.8 Å². The molecular formula is C53H97NO5. The van der Waals surface area contributed by atoms with Gasteiger partial charge >= 0.3 is 5.97 Å². The second kappa shape index (κ2) is 46.9. The smallest absolute Gasteiger partial charge is 0.306 e. The molecule has 3 unspecified atom stereocenters. The van der Waals surface area contributed by atoms with Crippen LogP contribution in [0, 0.1) is 0 Å². The second-order valence-corrected chi connectivity index (χ2v) is 17.3. The Morgan fingerprint density at radius 3 is 1.36 bits per heavy atom. The molecule has 0 heterocycles. The van der Waals surface area contributed by atoms with Crippen molar-refractivity contribution in [2.75, 3.05) is 6.61 Å². The lowest BCUT2D eigenvalue weighted by Crippen LogP contribution is -2.46. The number of nitrogens with one attached hydrogen (secondary N) is 1. The summed E-state index contributed by atoms with van der Waals surface area (Å²) in [6, 6.07) is -0.720. The third kappa shape index (κ3) is 42.3. The second-order valence-electron chi connectivity index (χ2n) is 17.3. The van der Waals surface area contributed by atoms with Gasteiger partial charge in [0.05, 0.1) is 25.2 Å². The van der Waals surface area contributed by atoms with Gasteiger partial charge in [-0.3, -0.25) is 9.59 Å². The van der Waals surface area contributed by atoms with Gasteiger partial charge in [0.1, 0.15) is 6.10 Å². The first-order chi connectivity index (χ1) is 29.0. The quantitative estimate of drug-likeness (QED) is 0.0323. The van der Waals surface area contributed by atoms with Crippen LogP contribution in [0.15, 0.2) is 48.6 Å². The number of hydrogen-bond acceptors (Lipinski definition) is 5. The Morgan fingerprint density at radius 1 is 0.508 bits per heavy atom. The molecule has 0 spiro atoms. The van der Waals surface area contributed by atoms with Crippen LogP contribution in [0.25, 0.3) is 0 Å². The number of amides is 1. The molecule has 0 aliphatic carbocycles. The first kappa shape index (κ1) is 56.8. The monoisotopic (exact) mass is 828 g/mol. The minimum atomic E-state index is -0.803. The summed E-state index contributed by atoms with van der Waals surface area (Å²) >= 11 is 0. The molecule has 0 aromatic heterocycles. The van der Waals surface area contributed by atoms with Gasteiger partial charge in [-0.1, -0.05) is 249 Å². The van der Waals surface area contributed by atoms with Crippen LogP contribution in [0.3, 0.4) is 0 Å². The zero-order valence-corrected chi connectivity index (χ0v) is 39.1. The maximum Gasteiger partial charge on any atom is 0.306 e. The van der Waals surface area contributed by atoms with Crippen LogP contribution >= 0.6 is 0 Å². The maximum atomic E-state index is 13.2. The van der Waals surface area contributed by atoms with Crippen LogP contribution in [0.2, 0.25) is 0 Å². The molecule has 344 valence electrons. The fraction of sp³-hybridized carbons (Fsp3) is 0.811. The molecule has 3 atom stereocenters. The van der Waals surface area contributed by atoms with Crippen LogP contribution in [0.4, 0.5) is 0 Å². The van der Waals surface area contributed by atoms with Gasteiger partial charge in [-0.25, -0.2) is 0 Å². The Morgan fingerprint density at radius 2 is 0.915 bits per heavy atom. The van der Waals surface area contributed by atoms with Crippen molar-refractivity contribution < 1.29 is 24.5 Å². The molecule has 0 aromatic carbocycles. The number of rotatable bonds is 45. The summed E-state index contributed by atoms with van der Waals surface area (Å²) in [6.45, 7) is 6.33. The van der Waals surface area contributed by atoms with E-state index >= 15 is 0 Å². The molecule has 0 saturated carbocycles. The van der Waals surface area contributed by atoms with Crippen molar-refractivity contribution in [3.63, 3.8) is 0 Å². The fourth-order valence-electron chi connectivity index (χ4n) is 7.68. The number of allylic oxidation sites excluding steroid dienone is 8. The van der Waals surface area contributed by atoms with Crippen molar-refractivity contribution >= 4 is 11.9 Å². The molecule has 6 nitrogen and oxygen atoms in total. The van der Waals surface area contributed by atoms with Crippen LogP contribution in [0.1, 0.15) is 252 Å². The number of carbonyl (C=O) groups excluding carboxylic acids is 2. The Bertz CT molecular complexity index is 1020. The van der Waals surface area contributed by atoms with Gasteiger partial charge in [0.15, 0.2) is 0 Å². The zero-order chi connectivity index (χ0) is 43.1. The summed E-state index contributed by atoms with van der Waals surface area (Å²) in [5.74, 6) is -0.535. The first-order valence-corrected chi connectivity index (χ1v) is 25.4. The molecule has 6 heteroatoms. The summed E-state index contributed by atoms with van der Waals surface area (Å²) in [4.78, 5) is 26.1. The number of ether oxygens (including phenoxy) is 1. The van der Waals surface area contributed by atoms with Crippen molar-refractivity contribution in [2.45, 2.75) is 270 Å². The minimum absolute atomic E-state index is 0.0341. The van der Waals surface area contributed by atoms with E-state index in [-0.39, 0.29) is 24.9 Å². The van der Waals surface area contributed by atoms with Gasteiger partial charge in [0.25, 0.3) is 0 Å². The Kier molecular flexibility index (Phi) is 45.1. The number of aliphatic hydroxyl groups excluding tert-OH is 2. The van der Waals surface area contributed by atoms with E-state index < -0.39 is 18.2 Å². The summed E-state index contributed by atoms with van der Waals surface area (Å²) < 4.78 is 5.88. The predicted molar refractivity (Wildman–Crippen MR) is 255 cm³/mol.